The Kier molecular flexibility index (Phi) is 9.99. The highest BCUT2D eigenvalue weighted by molar-refractivity contribution is 8.13. The summed E-state index contributed by atoms with van der Waals surface area (Å²) in [5.74, 6) is 6.91. The molecule has 0 saturated carbocycles. The summed E-state index contributed by atoms with van der Waals surface area (Å²) < 4.78 is 0. The monoisotopic (exact) mass is 429 g/mol. The van der Waals surface area contributed by atoms with Gasteiger partial charge in [-0.15, -0.1) is 5.92 Å². The highest BCUT2D eigenvalue weighted by Gasteiger charge is 2.25. The number of amides is 1. The van der Waals surface area contributed by atoms with Crippen LogP contribution in [0.15, 0.2) is 36.4 Å². The number of piperidine rings is 1. The average Bonchev–Trinajstić information content (AvgIpc) is 2.70. The number of nitrogens with zero attached hydrogens (tertiary/aromatic N) is 1. The molecule has 2 atom stereocenters. The molecule has 0 bridgehead atoms. The fourth-order valence-electron chi connectivity index (χ4n) is 3.38. The maximum Gasteiger partial charge on any atom is 0.364 e. The van der Waals surface area contributed by atoms with Crippen LogP contribution in [0.25, 0.3) is 0 Å². The lowest BCUT2D eigenvalue weighted by Crippen LogP contribution is -2.42. The number of hydrogen-bond acceptors (Lipinski definition) is 4. The third kappa shape index (κ3) is 8.25. The van der Waals surface area contributed by atoms with Crippen molar-refractivity contribution in [3.05, 3.63) is 47.5 Å². The second kappa shape index (κ2) is 12.5. The van der Waals surface area contributed by atoms with E-state index in [4.69, 9.17) is 5.11 Å². The van der Waals surface area contributed by atoms with Crippen molar-refractivity contribution in [1.82, 2.24) is 4.90 Å². The molecular formula is C24H31NO4S. The molecule has 1 saturated heterocycles. The number of thioether (sulfide) groups is 1. The SMILES string of the molecule is CC(C)c1ccc(CC(O)/C=C/[C@H]2CCCC(=O)N2CC#CCCSC(=O)O)cc1. The first kappa shape index (κ1) is 24.0. The topological polar surface area (TPSA) is 77.8 Å². The van der Waals surface area contributed by atoms with Gasteiger partial charge in [-0.25, -0.2) is 4.79 Å². The Labute approximate surface area is 183 Å². The molecule has 2 N–H and O–H groups in total. The van der Waals surface area contributed by atoms with Gasteiger partial charge in [0, 0.05) is 25.0 Å². The number of rotatable bonds is 8. The summed E-state index contributed by atoms with van der Waals surface area (Å²) in [4.78, 5) is 24.6. The summed E-state index contributed by atoms with van der Waals surface area (Å²) in [6, 6.07) is 8.26. The van der Waals surface area contributed by atoms with Crippen molar-refractivity contribution in [2.45, 2.75) is 64.0 Å². The van der Waals surface area contributed by atoms with Crippen LogP contribution in [0.4, 0.5) is 4.79 Å². The predicted octanol–water partition coefficient (Wildman–Crippen LogP) is 4.46. The van der Waals surface area contributed by atoms with Gasteiger partial charge in [0.05, 0.1) is 18.7 Å². The van der Waals surface area contributed by atoms with E-state index in [-0.39, 0.29) is 11.9 Å². The Bertz CT molecular complexity index is 792. The third-order valence-corrected chi connectivity index (χ3v) is 5.74. The van der Waals surface area contributed by atoms with Crippen molar-refractivity contribution in [2.24, 2.45) is 0 Å². The summed E-state index contributed by atoms with van der Waals surface area (Å²) in [7, 11) is 0. The van der Waals surface area contributed by atoms with Gasteiger partial charge in [-0.2, -0.15) is 0 Å². The molecule has 1 fully saturated rings. The smallest absolute Gasteiger partial charge is 0.364 e. The van der Waals surface area contributed by atoms with Gasteiger partial charge in [-0.3, -0.25) is 4.79 Å². The Balaban J connectivity index is 1.89. The number of aliphatic hydroxyl groups excluding tert-OH is 1. The van der Waals surface area contributed by atoms with Crippen LogP contribution in [-0.4, -0.2) is 50.8 Å². The first-order chi connectivity index (χ1) is 14.4. The number of carboxylic acid groups (broad SMARTS) is 1. The van der Waals surface area contributed by atoms with Gasteiger partial charge in [0.1, 0.15) is 0 Å². The van der Waals surface area contributed by atoms with Gasteiger partial charge >= 0.3 is 5.30 Å². The summed E-state index contributed by atoms with van der Waals surface area (Å²) in [5.41, 5.74) is 2.36. The van der Waals surface area contributed by atoms with E-state index in [1.54, 1.807) is 11.0 Å². The predicted molar refractivity (Wildman–Crippen MR) is 122 cm³/mol. The lowest BCUT2D eigenvalue weighted by molar-refractivity contribution is -0.134. The Morgan fingerprint density at radius 2 is 2.03 bits per heavy atom. The molecule has 162 valence electrons. The fourth-order valence-corrected chi connectivity index (χ4v) is 3.75. The number of likely N-dealkylation sites (tertiary alicyclic amines) is 1. The molecule has 2 rings (SSSR count). The van der Waals surface area contributed by atoms with Crippen molar-refractivity contribution in [2.75, 3.05) is 12.3 Å². The van der Waals surface area contributed by atoms with Gasteiger partial charge in [0.15, 0.2) is 0 Å². The van der Waals surface area contributed by atoms with E-state index in [0.717, 1.165) is 30.2 Å². The van der Waals surface area contributed by atoms with Crippen LogP contribution in [0, 0.1) is 11.8 Å². The highest BCUT2D eigenvalue weighted by atomic mass is 32.2. The minimum atomic E-state index is -0.900. The molecule has 1 aromatic rings. The molecule has 1 heterocycles. The van der Waals surface area contributed by atoms with Crippen molar-refractivity contribution >= 4 is 23.0 Å². The molecule has 0 radical (unpaired) electrons. The van der Waals surface area contributed by atoms with E-state index >= 15 is 0 Å². The minimum absolute atomic E-state index is 0.0630. The third-order valence-electron chi connectivity index (χ3n) is 5.08. The lowest BCUT2D eigenvalue weighted by atomic mass is 9.98. The van der Waals surface area contributed by atoms with Crippen molar-refractivity contribution < 1.29 is 19.8 Å². The summed E-state index contributed by atoms with van der Waals surface area (Å²) in [6.07, 6.45) is 6.33. The van der Waals surface area contributed by atoms with Gasteiger partial charge in [-0.05, 0) is 41.6 Å². The first-order valence-corrected chi connectivity index (χ1v) is 11.4. The molecule has 0 aliphatic carbocycles. The van der Waals surface area contributed by atoms with Crippen molar-refractivity contribution in [3.63, 3.8) is 0 Å². The maximum atomic E-state index is 12.3. The van der Waals surface area contributed by atoms with Crippen LogP contribution in [0.5, 0.6) is 0 Å². The average molecular weight is 430 g/mol. The highest BCUT2D eigenvalue weighted by Crippen LogP contribution is 2.20. The van der Waals surface area contributed by atoms with Gasteiger partial charge < -0.3 is 15.1 Å². The molecule has 6 heteroatoms. The summed E-state index contributed by atoms with van der Waals surface area (Å²) >= 11 is 0.827. The van der Waals surface area contributed by atoms with Crippen LogP contribution in [0.3, 0.4) is 0 Å². The zero-order valence-corrected chi connectivity index (χ0v) is 18.5. The normalized spacial score (nSPS) is 17.8. The first-order valence-electron chi connectivity index (χ1n) is 10.4. The molecular weight excluding hydrogens is 398 g/mol. The fraction of sp³-hybridized carbons (Fsp3) is 0.500. The number of carbonyl (C=O) groups is 2. The van der Waals surface area contributed by atoms with Crippen molar-refractivity contribution in [3.8, 4) is 11.8 Å². The number of carbonyl (C=O) groups excluding carboxylic acids is 1. The molecule has 0 aromatic heterocycles. The number of aliphatic hydroxyl groups is 1. The quantitative estimate of drug-likeness (QED) is 0.363. The van der Waals surface area contributed by atoms with E-state index in [1.165, 1.54) is 5.56 Å². The molecule has 1 aliphatic rings. The van der Waals surface area contributed by atoms with Gasteiger partial charge in [-0.1, -0.05) is 56.2 Å². The van der Waals surface area contributed by atoms with E-state index in [0.29, 0.717) is 37.5 Å². The van der Waals surface area contributed by atoms with Crippen LogP contribution in [-0.2, 0) is 11.2 Å². The minimum Gasteiger partial charge on any atom is -0.473 e. The number of benzene rings is 1. The van der Waals surface area contributed by atoms with Crippen LogP contribution >= 0.6 is 11.8 Å². The van der Waals surface area contributed by atoms with Crippen LogP contribution in [0.2, 0.25) is 0 Å². The second-order valence-corrected chi connectivity index (χ2v) is 8.80. The zero-order chi connectivity index (χ0) is 21.9. The van der Waals surface area contributed by atoms with E-state index in [9.17, 15) is 14.7 Å². The Hall–Kier alpha value is -2.23. The molecule has 1 amide bonds. The van der Waals surface area contributed by atoms with Crippen LogP contribution < -0.4 is 0 Å². The Morgan fingerprint density at radius 3 is 2.70 bits per heavy atom. The molecule has 5 nitrogen and oxygen atoms in total. The van der Waals surface area contributed by atoms with Crippen LogP contribution in [0.1, 0.15) is 56.6 Å². The lowest BCUT2D eigenvalue weighted by Gasteiger charge is -2.32. The molecule has 0 spiro atoms. The standard InChI is InChI=1S/C24H31NO4S/c1-18(2)20-11-9-19(10-12-20)17-22(26)14-13-21-7-6-8-23(27)25(21)15-4-3-5-16-30-24(28)29/h9-14,18,21-22,26H,5-8,15-17H2,1-2H3,(H,28,29)/b14-13+/t21-,22?/m1/s1. The maximum absolute atomic E-state index is 12.3. The summed E-state index contributed by atoms with van der Waals surface area (Å²) in [5, 5.41) is 18.1. The molecule has 30 heavy (non-hydrogen) atoms. The van der Waals surface area contributed by atoms with E-state index in [1.807, 2.05) is 6.08 Å². The molecule has 1 unspecified atom stereocenters. The zero-order valence-electron chi connectivity index (χ0n) is 17.7. The largest absolute Gasteiger partial charge is 0.473 e. The van der Waals surface area contributed by atoms with E-state index in [2.05, 4.69) is 50.0 Å². The van der Waals surface area contributed by atoms with Gasteiger partial charge in [0.25, 0.3) is 0 Å². The number of hydrogen-bond donors (Lipinski definition) is 2. The molecule has 1 aromatic carbocycles. The summed E-state index contributed by atoms with van der Waals surface area (Å²) in [6.45, 7) is 4.64. The van der Waals surface area contributed by atoms with Gasteiger partial charge in [0.2, 0.25) is 5.91 Å². The second-order valence-electron chi connectivity index (χ2n) is 7.75. The van der Waals surface area contributed by atoms with E-state index < -0.39 is 11.4 Å². The molecule has 1 aliphatic heterocycles. The van der Waals surface area contributed by atoms with Crippen molar-refractivity contribution in [1.29, 1.82) is 0 Å². The Morgan fingerprint density at radius 1 is 1.30 bits per heavy atom.